The van der Waals surface area contributed by atoms with E-state index in [4.69, 9.17) is 0 Å². The summed E-state index contributed by atoms with van der Waals surface area (Å²) in [5, 5.41) is 5.99. The molecule has 0 aliphatic heterocycles. The number of benzene rings is 1. The third-order valence-electron chi connectivity index (χ3n) is 3.33. The number of hydrogen-bond acceptors (Lipinski definition) is 7. The average molecular weight is 412 g/mol. The lowest BCUT2D eigenvalue weighted by molar-refractivity contribution is -0.113. The van der Waals surface area contributed by atoms with Crippen LogP contribution in [0.15, 0.2) is 28.9 Å². The molecule has 11 heteroatoms. The van der Waals surface area contributed by atoms with Gasteiger partial charge < -0.3 is 5.32 Å². The number of rotatable bonds is 4. The number of thiazole rings is 1. The monoisotopic (exact) mass is 412 g/mol. The zero-order valence-corrected chi connectivity index (χ0v) is 15.1. The Bertz CT molecular complexity index is 1140. The number of aromatic nitrogens is 3. The van der Waals surface area contributed by atoms with Crippen molar-refractivity contribution in [1.82, 2.24) is 15.0 Å². The molecule has 0 unspecified atom stereocenters. The van der Waals surface area contributed by atoms with Gasteiger partial charge in [-0.3, -0.25) is 4.79 Å². The normalized spacial score (nSPS) is 11.3. The fourth-order valence-corrected chi connectivity index (χ4v) is 4.68. The molecule has 3 heterocycles. The van der Waals surface area contributed by atoms with E-state index in [1.54, 1.807) is 0 Å². The first-order chi connectivity index (χ1) is 12.5. The first-order valence-corrected chi connectivity index (χ1v) is 9.76. The molecule has 1 N–H and O–H groups in total. The van der Waals surface area contributed by atoms with Crippen LogP contribution in [0, 0.1) is 17.5 Å². The zero-order chi connectivity index (χ0) is 18.3. The van der Waals surface area contributed by atoms with Crippen LogP contribution >= 0.6 is 34.4 Å². The fourth-order valence-electron chi connectivity index (χ4n) is 2.20. The number of halogens is 3. The van der Waals surface area contributed by atoms with Crippen molar-refractivity contribution in [2.45, 2.75) is 5.03 Å². The predicted octanol–water partition coefficient (Wildman–Crippen LogP) is 4.45. The lowest BCUT2D eigenvalue weighted by Crippen LogP contribution is -2.13. The Morgan fingerprint density at radius 1 is 1.23 bits per heavy atom. The summed E-state index contributed by atoms with van der Waals surface area (Å²) in [6.07, 6.45) is 1.43. The molecule has 3 aromatic heterocycles. The van der Waals surface area contributed by atoms with Gasteiger partial charge in [-0.15, -0.1) is 11.3 Å². The lowest BCUT2D eigenvalue weighted by Gasteiger charge is -2.02. The lowest BCUT2D eigenvalue weighted by atomic mass is 10.3. The molecule has 0 bridgehead atoms. The maximum absolute atomic E-state index is 13.7. The van der Waals surface area contributed by atoms with Crippen LogP contribution in [0.5, 0.6) is 0 Å². The number of amides is 1. The van der Waals surface area contributed by atoms with Gasteiger partial charge in [0.25, 0.3) is 0 Å². The highest BCUT2D eigenvalue weighted by Crippen LogP contribution is 2.31. The minimum absolute atomic E-state index is 0.0447. The summed E-state index contributed by atoms with van der Waals surface area (Å²) in [4.78, 5) is 25.0. The number of nitrogens with zero attached hydrogens (tertiary/aromatic N) is 3. The van der Waals surface area contributed by atoms with Crippen molar-refractivity contribution in [1.29, 1.82) is 0 Å². The average Bonchev–Trinajstić information content (AvgIpc) is 3.25. The number of nitrogens with one attached hydrogen (secondary N) is 1. The Kier molecular flexibility index (Phi) is 4.51. The van der Waals surface area contributed by atoms with Crippen LogP contribution in [-0.4, -0.2) is 26.6 Å². The van der Waals surface area contributed by atoms with E-state index in [0.29, 0.717) is 5.03 Å². The maximum Gasteiger partial charge on any atom is 0.236 e. The van der Waals surface area contributed by atoms with E-state index >= 15 is 0 Å². The minimum Gasteiger partial charge on any atom is -0.301 e. The highest BCUT2D eigenvalue weighted by Gasteiger charge is 2.18. The molecule has 0 fully saturated rings. The van der Waals surface area contributed by atoms with Gasteiger partial charge in [-0.1, -0.05) is 23.1 Å². The Labute approximate surface area is 156 Å². The maximum atomic E-state index is 13.7. The molecule has 1 amide bonds. The molecule has 1 aromatic carbocycles. The second kappa shape index (κ2) is 6.82. The second-order valence-corrected chi connectivity index (χ2v) is 7.90. The number of carbonyl (C=O) groups is 1. The van der Waals surface area contributed by atoms with Crippen molar-refractivity contribution >= 4 is 65.9 Å². The summed E-state index contributed by atoms with van der Waals surface area (Å²) in [5.74, 6) is -4.59. The highest BCUT2D eigenvalue weighted by atomic mass is 32.2. The molecular weight excluding hydrogens is 405 g/mol. The van der Waals surface area contributed by atoms with Gasteiger partial charge in [0.2, 0.25) is 5.91 Å². The molecular formula is C15H7F3N4OS3. The van der Waals surface area contributed by atoms with Crippen molar-refractivity contribution < 1.29 is 18.0 Å². The number of thioether (sulfide) groups is 1. The summed E-state index contributed by atoms with van der Waals surface area (Å²) in [7, 11) is 0. The Morgan fingerprint density at radius 2 is 2.08 bits per heavy atom. The summed E-state index contributed by atoms with van der Waals surface area (Å²) in [5.41, 5.74) is -0.312. The smallest absolute Gasteiger partial charge is 0.236 e. The van der Waals surface area contributed by atoms with Gasteiger partial charge in [0, 0.05) is 5.39 Å². The largest absolute Gasteiger partial charge is 0.301 e. The number of anilines is 1. The Hall–Kier alpha value is -2.24. The van der Waals surface area contributed by atoms with E-state index in [1.807, 2.05) is 11.4 Å². The van der Waals surface area contributed by atoms with Gasteiger partial charge in [0.1, 0.15) is 21.7 Å². The molecule has 0 radical (unpaired) electrons. The Morgan fingerprint density at radius 3 is 2.92 bits per heavy atom. The molecule has 5 nitrogen and oxygen atoms in total. The third-order valence-corrected chi connectivity index (χ3v) is 6.08. The minimum atomic E-state index is -1.58. The summed E-state index contributed by atoms with van der Waals surface area (Å²) < 4.78 is 40.3. The number of hydrogen-bond donors (Lipinski definition) is 1. The first-order valence-electron chi connectivity index (χ1n) is 7.08. The van der Waals surface area contributed by atoms with Gasteiger partial charge in [-0.25, -0.2) is 28.1 Å². The predicted molar refractivity (Wildman–Crippen MR) is 96.3 cm³/mol. The van der Waals surface area contributed by atoms with Crippen LogP contribution < -0.4 is 5.32 Å². The molecule has 0 atom stereocenters. The van der Waals surface area contributed by atoms with Gasteiger partial charge >= 0.3 is 0 Å². The van der Waals surface area contributed by atoms with Crippen molar-refractivity contribution in [2.24, 2.45) is 0 Å². The van der Waals surface area contributed by atoms with Crippen molar-refractivity contribution in [3.8, 4) is 0 Å². The van der Waals surface area contributed by atoms with Gasteiger partial charge in [-0.2, -0.15) is 0 Å². The molecule has 0 aliphatic rings. The third kappa shape index (κ3) is 3.13. The summed E-state index contributed by atoms with van der Waals surface area (Å²) >= 11 is 3.56. The Balaban J connectivity index is 1.49. The molecule has 0 saturated carbocycles. The summed E-state index contributed by atoms with van der Waals surface area (Å²) in [6.45, 7) is 0. The molecule has 132 valence electrons. The molecule has 26 heavy (non-hydrogen) atoms. The number of fused-ring (bicyclic) bond motifs is 2. The van der Waals surface area contributed by atoms with Gasteiger partial charge in [-0.05, 0) is 17.5 Å². The van der Waals surface area contributed by atoms with E-state index in [2.05, 4.69) is 20.3 Å². The van der Waals surface area contributed by atoms with Gasteiger partial charge in [0.05, 0.1) is 10.5 Å². The van der Waals surface area contributed by atoms with Crippen LogP contribution in [0.2, 0.25) is 0 Å². The number of carbonyl (C=O) groups excluding carboxylic acids is 1. The van der Waals surface area contributed by atoms with Crippen LogP contribution in [0.4, 0.5) is 18.3 Å². The molecule has 4 aromatic rings. The summed E-state index contributed by atoms with van der Waals surface area (Å²) in [6, 6.07) is 2.73. The van der Waals surface area contributed by atoms with Crippen molar-refractivity contribution in [3.63, 3.8) is 0 Å². The first kappa shape index (κ1) is 17.2. The van der Waals surface area contributed by atoms with E-state index in [0.717, 1.165) is 27.6 Å². The van der Waals surface area contributed by atoms with Crippen LogP contribution in [0.3, 0.4) is 0 Å². The van der Waals surface area contributed by atoms with E-state index < -0.39 is 23.4 Å². The standard InChI is InChI=1S/C15H7F3N4OS3/c16-7-3-8-12(11(18)10(7)17)22-15(26-8)21-9(23)4-25-14-6-1-2-24-13(6)19-5-20-14/h1-3,5H,4H2,(H,21,22,23). The van der Waals surface area contributed by atoms with Crippen LogP contribution in [0.25, 0.3) is 20.4 Å². The molecule has 0 saturated heterocycles. The van der Waals surface area contributed by atoms with E-state index in [9.17, 15) is 18.0 Å². The molecule has 0 aliphatic carbocycles. The van der Waals surface area contributed by atoms with Crippen molar-refractivity contribution in [2.75, 3.05) is 11.1 Å². The highest BCUT2D eigenvalue weighted by molar-refractivity contribution is 8.00. The van der Waals surface area contributed by atoms with Crippen LogP contribution in [0.1, 0.15) is 0 Å². The quantitative estimate of drug-likeness (QED) is 0.305. The zero-order valence-electron chi connectivity index (χ0n) is 12.6. The SMILES string of the molecule is O=C(CSc1ncnc2sccc12)Nc1nc2c(F)c(F)c(F)cc2s1. The molecule has 4 rings (SSSR count). The van der Waals surface area contributed by atoms with Crippen molar-refractivity contribution in [3.05, 3.63) is 41.3 Å². The number of thiophene rings is 1. The molecule has 0 spiro atoms. The van der Waals surface area contributed by atoms with Gasteiger partial charge in [0.15, 0.2) is 22.6 Å². The fraction of sp³-hybridized carbons (Fsp3) is 0.0667. The van der Waals surface area contributed by atoms with E-state index in [1.165, 1.54) is 29.4 Å². The topological polar surface area (TPSA) is 67.8 Å². The van der Waals surface area contributed by atoms with E-state index in [-0.39, 0.29) is 21.1 Å². The van der Waals surface area contributed by atoms with Crippen LogP contribution in [-0.2, 0) is 4.79 Å². The second-order valence-electron chi connectivity index (χ2n) is 5.01.